The van der Waals surface area contributed by atoms with Gasteiger partial charge in [-0.2, -0.15) is 0 Å². The van der Waals surface area contributed by atoms with Gasteiger partial charge in [-0.25, -0.2) is 13.6 Å². The number of nitrogens with two attached hydrogens (primary N) is 1. The van der Waals surface area contributed by atoms with Crippen LogP contribution in [-0.2, 0) is 10.0 Å². The molecule has 1 rings (SSSR count). The number of nitrogens with zero attached hydrogens (tertiary/aromatic N) is 1. The largest absolute Gasteiger partial charge is 0.309 e. The zero-order valence-corrected chi connectivity index (χ0v) is 14.3. The van der Waals surface area contributed by atoms with E-state index in [1.807, 2.05) is 0 Å². The van der Waals surface area contributed by atoms with Gasteiger partial charge >= 0.3 is 0 Å². The summed E-state index contributed by atoms with van der Waals surface area (Å²) in [6.45, 7) is 7.36. The molecule has 0 aliphatic rings. The van der Waals surface area contributed by atoms with Crippen molar-refractivity contribution in [1.82, 2.24) is 10.2 Å². The lowest BCUT2D eigenvalue weighted by Crippen LogP contribution is -2.42. The van der Waals surface area contributed by atoms with Crippen LogP contribution in [0.15, 0.2) is 29.2 Å². The molecule has 0 radical (unpaired) electrons. The maximum atomic E-state index is 11.2. The van der Waals surface area contributed by atoms with E-state index in [4.69, 9.17) is 5.14 Å². The second kappa shape index (κ2) is 7.35. The Morgan fingerprint density at radius 2 is 1.67 bits per heavy atom. The fourth-order valence-corrected chi connectivity index (χ4v) is 2.89. The molecular weight excluding hydrogens is 286 g/mol. The van der Waals surface area contributed by atoms with Crippen LogP contribution in [0.25, 0.3) is 0 Å². The lowest BCUT2D eigenvalue weighted by atomic mass is 10.0. The zero-order chi connectivity index (χ0) is 16.2. The molecule has 0 bridgehead atoms. The van der Waals surface area contributed by atoms with Crippen molar-refractivity contribution in [2.75, 3.05) is 20.6 Å². The highest BCUT2D eigenvalue weighted by Crippen LogP contribution is 2.16. The normalized spacial score (nSPS) is 15.4. The molecule has 0 amide bonds. The van der Waals surface area contributed by atoms with E-state index < -0.39 is 10.0 Å². The molecule has 3 N–H and O–H groups in total. The summed E-state index contributed by atoms with van der Waals surface area (Å²) in [5.74, 6) is 0.560. The predicted octanol–water partition coefficient (Wildman–Crippen LogP) is 1.57. The lowest BCUT2D eigenvalue weighted by Gasteiger charge is -2.29. The van der Waals surface area contributed by atoms with Crippen LogP contribution in [0.1, 0.15) is 32.4 Å². The van der Waals surface area contributed by atoms with Gasteiger partial charge in [0.25, 0.3) is 0 Å². The molecule has 0 saturated heterocycles. The summed E-state index contributed by atoms with van der Waals surface area (Å²) in [7, 11) is 0.542. The third-order valence-electron chi connectivity index (χ3n) is 3.77. The van der Waals surface area contributed by atoms with Crippen molar-refractivity contribution >= 4 is 10.0 Å². The first-order valence-electron chi connectivity index (χ1n) is 7.15. The van der Waals surface area contributed by atoms with Crippen LogP contribution < -0.4 is 10.5 Å². The fraction of sp³-hybridized carbons (Fsp3) is 0.600. The minimum atomic E-state index is -3.62. The number of primary sulfonamides is 1. The highest BCUT2D eigenvalue weighted by Gasteiger charge is 2.17. The Morgan fingerprint density at radius 3 is 2.05 bits per heavy atom. The number of rotatable bonds is 7. The molecule has 0 spiro atoms. The van der Waals surface area contributed by atoms with Crippen molar-refractivity contribution in [3.05, 3.63) is 29.8 Å². The maximum Gasteiger partial charge on any atom is 0.238 e. The Kier molecular flexibility index (Phi) is 6.34. The smallest absolute Gasteiger partial charge is 0.238 e. The van der Waals surface area contributed by atoms with Gasteiger partial charge in [-0.05, 0) is 44.6 Å². The lowest BCUT2D eigenvalue weighted by molar-refractivity contribution is 0.220. The molecule has 0 fully saturated rings. The van der Waals surface area contributed by atoms with Crippen LogP contribution in [0, 0.1) is 5.92 Å². The summed E-state index contributed by atoms with van der Waals surface area (Å²) in [6.07, 6.45) is 0. The summed E-state index contributed by atoms with van der Waals surface area (Å²) >= 11 is 0. The average molecular weight is 313 g/mol. The van der Waals surface area contributed by atoms with E-state index >= 15 is 0 Å². The predicted molar refractivity (Wildman–Crippen MR) is 86.5 cm³/mol. The van der Waals surface area contributed by atoms with Crippen molar-refractivity contribution in [2.24, 2.45) is 11.1 Å². The monoisotopic (exact) mass is 313 g/mol. The SMILES string of the molecule is CC(NCC(C(C)C)N(C)C)c1ccc(S(N)(=O)=O)cc1. The van der Waals surface area contributed by atoms with Crippen molar-refractivity contribution in [3.63, 3.8) is 0 Å². The minimum Gasteiger partial charge on any atom is -0.309 e. The van der Waals surface area contributed by atoms with Gasteiger partial charge in [-0.1, -0.05) is 26.0 Å². The van der Waals surface area contributed by atoms with Crippen LogP contribution >= 0.6 is 0 Å². The number of sulfonamides is 1. The molecule has 120 valence electrons. The van der Waals surface area contributed by atoms with Crippen molar-refractivity contribution in [1.29, 1.82) is 0 Å². The quantitative estimate of drug-likeness (QED) is 0.801. The summed E-state index contributed by atoms with van der Waals surface area (Å²) < 4.78 is 22.5. The summed E-state index contributed by atoms with van der Waals surface area (Å²) in [5, 5.41) is 8.60. The van der Waals surface area contributed by atoms with E-state index in [-0.39, 0.29) is 10.9 Å². The molecule has 6 heteroatoms. The summed E-state index contributed by atoms with van der Waals surface area (Å²) in [4.78, 5) is 2.36. The fourth-order valence-electron chi connectivity index (χ4n) is 2.38. The number of hydrogen-bond acceptors (Lipinski definition) is 4. The van der Waals surface area contributed by atoms with Gasteiger partial charge in [-0.15, -0.1) is 0 Å². The van der Waals surface area contributed by atoms with Gasteiger partial charge < -0.3 is 10.2 Å². The van der Waals surface area contributed by atoms with Crippen molar-refractivity contribution < 1.29 is 8.42 Å². The molecule has 0 aliphatic carbocycles. The average Bonchev–Trinajstić information content (AvgIpc) is 2.37. The summed E-state index contributed by atoms with van der Waals surface area (Å²) in [6, 6.07) is 7.31. The highest BCUT2D eigenvalue weighted by molar-refractivity contribution is 7.89. The summed E-state index contributed by atoms with van der Waals surface area (Å²) in [5.41, 5.74) is 1.05. The first-order chi connectivity index (χ1) is 9.62. The van der Waals surface area contributed by atoms with Gasteiger partial charge in [-0.3, -0.25) is 0 Å². The third-order valence-corrected chi connectivity index (χ3v) is 4.70. The molecule has 1 aromatic carbocycles. The van der Waals surface area contributed by atoms with E-state index in [1.54, 1.807) is 24.3 Å². The standard InChI is InChI=1S/C15H27N3O2S/c1-11(2)15(18(4)5)10-17-12(3)13-6-8-14(9-7-13)21(16,19)20/h6-9,11-12,15,17H,10H2,1-5H3,(H2,16,19,20). The van der Waals surface area contributed by atoms with Gasteiger partial charge in [0.1, 0.15) is 0 Å². The van der Waals surface area contributed by atoms with E-state index in [1.165, 1.54) is 0 Å². The molecule has 0 heterocycles. The topological polar surface area (TPSA) is 75.4 Å². The van der Waals surface area contributed by atoms with Crippen molar-refractivity contribution in [2.45, 2.75) is 37.8 Å². The van der Waals surface area contributed by atoms with Crippen LogP contribution in [0.4, 0.5) is 0 Å². The number of likely N-dealkylation sites (N-methyl/N-ethyl adjacent to an activating group) is 1. The van der Waals surface area contributed by atoms with E-state index in [0.717, 1.165) is 12.1 Å². The van der Waals surface area contributed by atoms with Crippen LogP contribution in [0.2, 0.25) is 0 Å². The Labute approximate surface area is 128 Å². The Bertz CT molecular complexity index is 531. The van der Waals surface area contributed by atoms with Gasteiger partial charge in [0.15, 0.2) is 0 Å². The molecule has 0 aromatic heterocycles. The third kappa shape index (κ3) is 5.39. The highest BCUT2D eigenvalue weighted by atomic mass is 32.2. The molecular formula is C15H27N3O2S. The minimum absolute atomic E-state index is 0.145. The van der Waals surface area contributed by atoms with Crippen molar-refractivity contribution in [3.8, 4) is 0 Å². The van der Waals surface area contributed by atoms with Gasteiger partial charge in [0.05, 0.1) is 4.90 Å². The first kappa shape index (κ1) is 18.1. The van der Waals surface area contributed by atoms with Crippen LogP contribution in [0.5, 0.6) is 0 Å². The Balaban J connectivity index is 2.70. The molecule has 5 nitrogen and oxygen atoms in total. The molecule has 2 atom stereocenters. The number of benzene rings is 1. The van der Waals surface area contributed by atoms with Gasteiger partial charge in [0.2, 0.25) is 10.0 Å². The number of nitrogens with one attached hydrogen (secondary N) is 1. The molecule has 0 saturated carbocycles. The molecule has 1 aromatic rings. The van der Waals surface area contributed by atoms with Crippen LogP contribution in [-0.4, -0.2) is 40.0 Å². The second-order valence-corrected chi connectivity index (χ2v) is 7.58. The van der Waals surface area contributed by atoms with Crippen LogP contribution in [0.3, 0.4) is 0 Å². The van der Waals surface area contributed by atoms with Gasteiger partial charge in [0, 0.05) is 18.6 Å². The number of hydrogen-bond donors (Lipinski definition) is 2. The van der Waals surface area contributed by atoms with E-state index in [2.05, 4.69) is 45.1 Å². The molecule has 2 unspecified atom stereocenters. The Morgan fingerprint density at radius 1 is 1.14 bits per heavy atom. The zero-order valence-electron chi connectivity index (χ0n) is 13.5. The second-order valence-electron chi connectivity index (χ2n) is 6.02. The Hall–Kier alpha value is -0.950. The van der Waals surface area contributed by atoms with E-state index in [9.17, 15) is 8.42 Å². The first-order valence-corrected chi connectivity index (χ1v) is 8.70. The molecule has 0 aliphatic heterocycles. The van der Waals surface area contributed by atoms with E-state index in [0.29, 0.717) is 12.0 Å². The molecule has 21 heavy (non-hydrogen) atoms. The maximum absolute atomic E-state index is 11.2.